The third-order valence-electron chi connectivity index (χ3n) is 2.06. The van der Waals surface area contributed by atoms with Gasteiger partial charge in [0.25, 0.3) is 0 Å². The molecule has 1 aromatic rings. The standard InChI is InChI=1S/C10H15F3N2O/c1-14-5-9-8(3-4-16-9)6-15(2)7-10(11,12)13/h3-4,14H,5-7H2,1-2H3. The van der Waals surface area contributed by atoms with Crippen LogP contribution in [0.4, 0.5) is 13.2 Å². The summed E-state index contributed by atoms with van der Waals surface area (Å²) < 4.78 is 41.5. The van der Waals surface area contributed by atoms with Gasteiger partial charge in [-0.3, -0.25) is 4.90 Å². The van der Waals surface area contributed by atoms with Crippen molar-refractivity contribution < 1.29 is 17.6 Å². The fraction of sp³-hybridized carbons (Fsp3) is 0.600. The van der Waals surface area contributed by atoms with Crippen LogP contribution in [0, 0.1) is 0 Å². The quantitative estimate of drug-likeness (QED) is 0.847. The lowest BCUT2D eigenvalue weighted by molar-refractivity contribution is -0.144. The lowest BCUT2D eigenvalue weighted by Crippen LogP contribution is -2.30. The summed E-state index contributed by atoms with van der Waals surface area (Å²) >= 11 is 0. The van der Waals surface area contributed by atoms with Gasteiger partial charge in [-0.1, -0.05) is 0 Å². The smallest absolute Gasteiger partial charge is 0.401 e. The number of halogens is 3. The van der Waals surface area contributed by atoms with Crippen LogP contribution in [0.15, 0.2) is 16.7 Å². The molecule has 0 radical (unpaired) electrons. The van der Waals surface area contributed by atoms with Crippen molar-refractivity contribution in [1.29, 1.82) is 0 Å². The Morgan fingerprint density at radius 2 is 2.12 bits per heavy atom. The lowest BCUT2D eigenvalue weighted by Gasteiger charge is -2.18. The predicted octanol–water partition coefficient (Wildman–Crippen LogP) is 1.99. The second-order valence-corrected chi connectivity index (χ2v) is 3.69. The number of furan rings is 1. The van der Waals surface area contributed by atoms with Crippen LogP contribution in [0.5, 0.6) is 0 Å². The summed E-state index contributed by atoms with van der Waals surface area (Å²) in [6.07, 6.45) is -2.68. The largest absolute Gasteiger partial charge is 0.468 e. The van der Waals surface area contributed by atoms with Gasteiger partial charge in [-0.25, -0.2) is 0 Å². The fourth-order valence-electron chi connectivity index (χ4n) is 1.48. The summed E-state index contributed by atoms with van der Waals surface area (Å²) in [6.45, 7) is -0.174. The van der Waals surface area contributed by atoms with E-state index in [0.29, 0.717) is 12.3 Å². The van der Waals surface area contributed by atoms with Crippen molar-refractivity contribution in [3.8, 4) is 0 Å². The molecular weight excluding hydrogens is 221 g/mol. The molecule has 0 spiro atoms. The summed E-state index contributed by atoms with van der Waals surface area (Å²) in [7, 11) is 3.19. The van der Waals surface area contributed by atoms with Gasteiger partial charge in [0, 0.05) is 12.1 Å². The summed E-state index contributed by atoms with van der Waals surface area (Å²) in [5, 5.41) is 2.90. The van der Waals surface area contributed by atoms with Crippen LogP contribution < -0.4 is 5.32 Å². The third-order valence-corrected chi connectivity index (χ3v) is 2.06. The van der Waals surface area contributed by atoms with Crippen LogP contribution >= 0.6 is 0 Å². The van der Waals surface area contributed by atoms with Crippen LogP contribution in [0.2, 0.25) is 0 Å². The lowest BCUT2D eigenvalue weighted by atomic mass is 10.2. The normalized spacial score (nSPS) is 12.4. The number of rotatable bonds is 5. The van der Waals surface area contributed by atoms with E-state index in [1.54, 1.807) is 13.1 Å². The maximum atomic E-state index is 12.1. The average molecular weight is 236 g/mol. The number of alkyl halides is 3. The summed E-state index contributed by atoms with van der Waals surface area (Å²) in [5.74, 6) is 0.677. The van der Waals surface area contributed by atoms with Gasteiger partial charge in [0.1, 0.15) is 5.76 Å². The third kappa shape index (κ3) is 4.24. The number of hydrogen-bond acceptors (Lipinski definition) is 3. The molecule has 92 valence electrons. The zero-order valence-corrected chi connectivity index (χ0v) is 9.27. The Bertz CT molecular complexity index is 322. The molecular formula is C10H15F3N2O. The Hall–Kier alpha value is -1.01. The summed E-state index contributed by atoms with van der Waals surface area (Å²) in [6, 6.07) is 1.69. The first kappa shape index (κ1) is 13.1. The van der Waals surface area contributed by atoms with E-state index >= 15 is 0 Å². The van der Waals surface area contributed by atoms with Gasteiger partial charge in [-0.15, -0.1) is 0 Å². The molecule has 0 saturated carbocycles. The molecule has 1 aromatic heterocycles. The number of nitrogens with one attached hydrogen (secondary N) is 1. The second-order valence-electron chi connectivity index (χ2n) is 3.69. The molecule has 0 aliphatic carbocycles. The molecule has 0 aromatic carbocycles. The molecule has 0 fully saturated rings. The molecule has 0 aliphatic heterocycles. The molecule has 0 bridgehead atoms. The number of hydrogen-bond donors (Lipinski definition) is 1. The molecule has 0 aliphatic rings. The van der Waals surface area contributed by atoms with Gasteiger partial charge >= 0.3 is 6.18 Å². The van der Waals surface area contributed by atoms with Crippen LogP contribution in [0.3, 0.4) is 0 Å². The van der Waals surface area contributed by atoms with Crippen molar-refractivity contribution in [3.05, 3.63) is 23.7 Å². The molecule has 0 amide bonds. The van der Waals surface area contributed by atoms with E-state index in [1.807, 2.05) is 0 Å². The van der Waals surface area contributed by atoms with Gasteiger partial charge in [-0.2, -0.15) is 13.2 Å². The Balaban J connectivity index is 2.55. The topological polar surface area (TPSA) is 28.4 Å². The van der Waals surface area contributed by atoms with Gasteiger partial charge in [0.15, 0.2) is 0 Å². The van der Waals surface area contributed by atoms with Gasteiger partial charge in [-0.05, 0) is 20.2 Å². The Morgan fingerprint density at radius 1 is 1.44 bits per heavy atom. The molecule has 16 heavy (non-hydrogen) atoms. The second kappa shape index (κ2) is 5.36. The maximum absolute atomic E-state index is 12.1. The minimum atomic E-state index is -4.17. The molecule has 0 atom stereocenters. The van der Waals surface area contributed by atoms with Crippen LogP contribution in [-0.2, 0) is 13.1 Å². The molecule has 1 rings (SSSR count). The molecule has 6 heteroatoms. The van der Waals surface area contributed by atoms with Gasteiger partial charge in [0.2, 0.25) is 0 Å². The van der Waals surface area contributed by atoms with Crippen molar-refractivity contribution in [2.45, 2.75) is 19.3 Å². The van der Waals surface area contributed by atoms with Crippen molar-refractivity contribution >= 4 is 0 Å². The highest BCUT2D eigenvalue weighted by molar-refractivity contribution is 5.16. The highest BCUT2D eigenvalue weighted by Crippen LogP contribution is 2.18. The Labute approximate surface area is 92.2 Å². The van der Waals surface area contributed by atoms with Crippen molar-refractivity contribution in [2.75, 3.05) is 20.6 Å². The zero-order valence-electron chi connectivity index (χ0n) is 9.27. The van der Waals surface area contributed by atoms with E-state index in [-0.39, 0.29) is 6.54 Å². The van der Waals surface area contributed by atoms with Crippen molar-refractivity contribution in [3.63, 3.8) is 0 Å². The van der Waals surface area contributed by atoms with Crippen LogP contribution in [0.25, 0.3) is 0 Å². The Kier molecular flexibility index (Phi) is 4.37. The maximum Gasteiger partial charge on any atom is 0.401 e. The zero-order chi connectivity index (χ0) is 12.2. The van der Waals surface area contributed by atoms with E-state index in [9.17, 15) is 13.2 Å². The van der Waals surface area contributed by atoms with Crippen LogP contribution in [0.1, 0.15) is 11.3 Å². The van der Waals surface area contributed by atoms with Gasteiger partial charge < -0.3 is 9.73 Å². The highest BCUT2D eigenvalue weighted by Gasteiger charge is 2.29. The van der Waals surface area contributed by atoms with Crippen LogP contribution in [-0.4, -0.2) is 31.7 Å². The van der Waals surface area contributed by atoms with Gasteiger partial charge in [0.05, 0.1) is 19.4 Å². The first-order valence-corrected chi connectivity index (χ1v) is 4.87. The Morgan fingerprint density at radius 3 is 2.69 bits per heavy atom. The summed E-state index contributed by atoms with van der Waals surface area (Å²) in [4.78, 5) is 1.21. The minimum Gasteiger partial charge on any atom is -0.468 e. The van der Waals surface area contributed by atoms with E-state index < -0.39 is 12.7 Å². The van der Waals surface area contributed by atoms with Crippen molar-refractivity contribution in [1.82, 2.24) is 10.2 Å². The monoisotopic (exact) mass is 236 g/mol. The predicted molar refractivity (Wildman–Crippen MR) is 53.9 cm³/mol. The molecule has 0 unspecified atom stereocenters. The SMILES string of the molecule is CNCc1occc1CN(C)CC(F)(F)F. The summed E-state index contributed by atoms with van der Waals surface area (Å²) in [5.41, 5.74) is 0.779. The minimum absolute atomic E-state index is 0.229. The number of nitrogens with zero attached hydrogens (tertiary/aromatic N) is 1. The molecule has 0 saturated heterocycles. The average Bonchev–Trinajstić information content (AvgIpc) is 2.50. The first-order valence-electron chi connectivity index (χ1n) is 4.87. The first-order chi connectivity index (χ1) is 7.42. The molecule has 1 heterocycles. The van der Waals surface area contributed by atoms with E-state index in [2.05, 4.69) is 5.32 Å². The van der Waals surface area contributed by atoms with E-state index in [0.717, 1.165) is 5.56 Å². The van der Waals surface area contributed by atoms with E-state index in [1.165, 1.54) is 18.2 Å². The fourth-order valence-corrected chi connectivity index (χ4v) is 1.48. The molecule has 1 N–H and O–H groups in total. The van der Waals surface area contributed by atoms with Crippen molar-refractivity contribution in [2.24, 2.45) is 0 Å². The van der Waals surface area contributed by atoms with E-state index in [4.69, 9.17) is 4.42 Å². The molecule has 3 nitrogen and oxygen atoms in total. The highest BCUT2D eigenvalue weighted by atomic mass is 19.4.